The number of methoxy groups -OCH3 is 1. The largest absolute Gasteiger partial charge is 0.480 e. The van der Waals surface area contributed by atoms with Crippen molar-refractivity contribution >= 4 is 68.8 Å². The van der Waals surface area contributed by atoms with E-state index in [9.17, 15) is 14.7 Å². The first-order valence-corrected chi connectivity index (χ1v) is 21.3. The number of pyridine rings is 1. The molecule has 306 valence electrons. The number of ether oxygens (including phenoxy) is 1. The Labute approximate surface area is 356 Å². The molecular weight excluding hydrogens is 810 g/mol. The molecule has 0 bridgehead atoms. The average molecular weight is 855 g/mol. The SMILES string of the molecule is COc1nc(N2CCN(CCCCCNC(=O)CC3N=C(c4ccc(Cl)cc4)c4c(sc(C)c4C)-n4c(C)nnc43)CC2)ccc1-c1cc2c(C(=O)O)c[nH]c2cc1Cl. The van der Waals surface area contributed by atoms with Crippen LogP contribution in [0, 0.1) is 20.8 Å². The summed E-state index contributed by atoms with van der Waals surface area (Å²) in [6.45, 7) is 11.2. The number of aliphatic imine (C=N–C) groups is 1. The number of aromatic carboxylic acids is 1. The van der Waals surface area contributed by atoms with Gasteiger partial charge < -0.3 is 25.0 Å². The molecule has 1 saturated heterocycles. The molecule has 8 rings (SSSR count). The predicted molar refractivity (Wildman–Crippen MR) is 233 cm³/mol. The molecule has 4 aromatic heterocycles. The highest BCUT2D eigenvalue weighted by molar-refractivity contribution is 7.15. The smallest absolute Gasteiger partial charge is 0.337 e. The summed E-state index contributed by atoms with van der Waals surface area (Å²) in [6, 6.07) is 14.6. The fraction of sp³-hybridized carbons (Fsp3) is 0.349. The highest BCUT2D eigenvalue weighted by Gasteiger charge is 2.32. The summed E-state index contributed by atoms with van der Waals surface area (Å²) in [4.78, 5) is 44.1. The normalized spacial score (nSPS) is 15.5. The van der Waals surface area contributed by atoms with Gasteiger partial charge in [-0.2, -0.15) is 4.98 Å². The lowest BCUT2D eigenvalue weighted by atomic mass is 9.99. The van der Waals surface area contributed by atoms with Crippen LogP contribution in [0.5, 0.6) is 5.88 Å². The van der Waals surface area contributed by atoms with Crippen LogP contribution >= 0.6 is 34.5 Å². The molecule has 1 amide bonds. The van der Waals surface area contributed by atoms with Crippen molar-refractivity contribution in [2.45, 2.75) is 52.5 Å². The second-order valence-corrected chi connectivity index (χ2v) is 17.0. The molecule has 2 aromatic carbocycles. The molecule has 0 radical (unpaired) electrons. The van der Waals surface area contributed by atoms with Gasteiger partial charge in [0.05, 0.1) is 29.8 Å². The molecule has 6 heterocycles. The van der Waals surface area contributed by atoms with E-state index in [4.69, 9.17) is 37.9 Å². The number of anilines is 1. The average Bonchev–Trinajstić information content (AvgIpc) is 3.89. The van der Waals surface area contributed by atoms with Crippen molar-refractivity contribution in [1.29, 1.82) is 0 Å². The third kappa shape index (κ3) is 8.19. The minimum atomic E-state index is -1.01. The fourth-order valence-corrected chi connectivity index (χ4v) is 9.55. The van der Waals surface area contributed by atoms with Gasteiger partial charge in [-0.3, -0.25) is 19.3 Å². The van der Waals surface area contributed by atoms with Crippen LogP contribution in [0.3, 0.4) is 0 Å². The summed E-state index contributed by atoms with van der Waals surface area (Å²) in [5, 5.41) is 24.4. The van der Waals surface area contributed by atoms with E-state index in [1.807, 2.05) is 43.3 Å². The number of carboxylic acid groups (broad SMARTS) is 1. The zero-order chi connectivity index (χ0) is 41.4. The first-order valence-electron chi connectivity index (χ1n) is 19.7. The van der Waals surface area contributed by atoms with E-state index in [1.165, 1.54) is 11.1 Å². The van der Waals surface area contributed by atoms with Crippen molar-refractivity contribution < 1.29 is 19.4 Å². The maximum absolute atomic E-state index is 13.4. The van der Waals surface area contributed by atoms with Crippen molar-refractivity contribution in [1.82, 2.24) is 34.9 Å². The van der Waals surface area contributed by atoms with Gasteiger partial charge in [-0.15, -0.1) is 21.5 Å². The number of fused-ring (bicyclic) bond motifs is 4. The van der Waals surface area contributed by atoms with Gasteiger partial charge >= 0.3 is 5.97 Å². The molecule has 0 aliphatic carbocycles. The molecule has 6 aromatic rings. The zero-order valence-electron chi connectivity index (χ0n) is 33.3. The molecule has 0 saturated carbocycles. The minimum absolute atomic E-state index is 0.0638. The van der Waals surface area contributed by atoms with Crippen LogP contribution in [0.1, 0.15) is 75.3 Å². The molecule has 1 fully saturated rings. The number of aromatic amines is 1. The van der Waals surface area contributed by atoms with Crippen molar-refractivity contribution in [3.63, 3.8) is 0 Å². The molecule has 2 aliphatic rings. The summed E-state index contributed by atoms with van der Waals surface area (Å²) in [6.07, 6.45) is 4.56. The molecular formula is C43H45Cl2N9O4S. The number of carbonyl (C=O) groups excluding carboxylic acids is 1. The van der Waals surface area contributed by atoms with Gasteiger partial charge in [-0.25, -0.2) is 4.79 Å². The number of H-pyrrole nitrogens is 1. The summed E-state index contributed by atoms with van der Waals surface area (Å²) in [7, 11) is 1.57. The number of hydrogen-bond acceptors (Lipinski definition) is 10. The van der Waals surface area contributed by atoms with E-state index < -0.39 is 12.0 Å². The van der Waals surface area contributed by atoms with Crippen LogP contribution in [0.25, 0.3) is 27.0 Å². The van der Waals surface area contributed by atoms with Crippen molar-refractivity contribution in [2.75, 3.05) is 51.3 Å². The second kappa shape index (κ2) is 17.1. The number of unbranched alkanes of at least 4 members (excludes halogenated alkanes) is 2. The van der Waals surface area contributed by atoms with Gasteiger partial charge in [-0.1, -0.05) is 41.8 Å². The van der Waals surface area contributed by atoms with Gasteiger partial charge in [0.15, 0.2) is 5.82 Å². The van der Waals surface area contributed by atoms with Crippen molar-refractivity contribution in [2.24, 2.45) is 4.99 Å². The number of thiophene rings is 1. The number of benzene rings is 2. The number of aryl methyl sites for hydroxylation is 2. The molecule has 13 nitrogen and oxygen atoms in total. The Morgan fingerprint density at radius 2 is 1.76 bits per heavy atom. The highest BCUT2D eigenvalue weighted by Crippen LogP contribution is 2.41. The Morgan fingerprint density at radius 3 is 2.51 bits per heavy atom. The number of hydrogen-bond donors (Lipinski definition) is 3. The standard InChI is InChI=1S/C43H45Cl2N9O4S/c1-24-25(2)59-42-38(24)39(27-8-10-28(44)11-9-27)48-35(40-51-50-26(3)54(40)42)22-37(55)46-14-6-5-7-15-52-16-18-53(19-17-52)36-13-12-29(41(49-36)58-4)30-20-31-32(43(56)57)23-47-34(31)21-33(30)45/h8-13,20-21,23,35,47H,5-7,14-19,22H2,1-4H3,(H,46,55)(H,56,57). The molecule has 1 unspecified atom stereocenters. The van der Waals surface area contributed by atoms with Crippen LogP contribution in [0.4, 0.5) is 5.82 Å². The number of nitrogens with one attached hydrogen (secondary N) is 2. The number of carbonyl (C=O) groups is 2. The summed E-state index contributed by atoms with van der Waals surface area (Å²) >= 11 is 14.6. The number of piperazine rings is 1. The lowest BCUT2D eigenvalue weighted by Crippen LogP contribution is -2.46. The summed E-state index contributed by atoms with van der Waals surface area (Å²) in [5.41, 5.74) is 6.15. The summed E-state index contributed by atoms with van der Waals surface area (Å²) in [5.74, 6) is 1.60. The molecule has 59 heavy (non-hydrogen) atoms. The van der Waals surface area contributed by atoms with Gasteiger partial charge in [0.1, 0.15) is 22.7 Å². The van der Waals surface area contributed by atoms with E-state index >= 15 is 0 Å². The third-order valence-corrected chi connectivity index (χ3v) is 13.0. The van der Waals surface area contributed by atoms with Crippen LogP contribution in [-0.2, 0) is 4.79 Å². The van der Waals surface area contributed by atoms with Crippen molar-refractivity contribution in [3.8, 4) is 22.0 Å². The third-order valence-electron chi connectivity index (χ3n) is 11.2. The maximum atomic E-state index is 13.4. The quantitative estimate of drug-likeness (QED) is 0.0976. The zero-order valence-corrected chi connectivity index (χ0v) is 35.6. The number of nitrogens with zero attached hydrogens (tertiary/aromatic N) is 7. The van der Waals surface area contributed by atoms with E-state index in [0.29, 0.717) is 50.3 Å². The minimum Gasteiger partial charge on any atom is -0.480 e. The number of rotatable bonds is 13. The lowest BCUT2D eigenvalue weighted by Gasteiger charge is -2.35. The molecule has 1 atom stereocenters. The molecule has 16 heteroatoms. The number of aromatic nitrogens is 5. The Balaban J connectivity index is 0.825. The van der Waals surface area contributed by atoms with Crippen molar-refractivity contribution in [3.05, 3.63) is 104 Å². The van der Waals surface area contributed by atoms with E-state index in [0.717, 1.165) is 91.0 Å². The monoisotopic (exact) mass is 853 g/mol. The number of amides is 1. The van der Waals surface area contributed by atoms with Crippen LogP contribution in [-0.4, -0.2) is 98.7 Å². The van der Waals surface area contributed by atoms with E-state index in [-0.39, 0.29) is 17.9 Å². The molecule has 0 spiro atoms. The Kier molecular flexibility index (Phi) is 11.8. The van der Waals surface area contributed by atoms with Gasteiger partial charge in [0.25, 0.3) is 0 Å². The number of carboxylic acids is 1. The van der Waals surface area contributed by atoms with Gasteiger partial charge in [0.2, 0.25) is 11.8 Å². The van der Waals surface area contributed by atoms with Gasteiger partial charge in [-0.05, 0) is 82.1 Å². The molecule has 2 aliphatic heterocycles. The lowest BCUT2D eigenvalue weighted by molar-refractivity contribution is -0.121. The predicted octanol–water partition coefficient (Wildman–Crippen LogP) is 8.20. The Hall–Kier alpha value is -5.28. The van der Waals surface area contributed by atoms with Gasteiger partial charge in [0, 0.05) is 82.0 Å². The number of halogens is 2. The highest BCUT2D eigenvalue weighted by atomic mass is 35.5. The first-order chi connectivity index (χ1) is 28.5. The Bertz CT molecular complexity index is 2570. The van der Waals surface area contributed by atoms with Crippen LogP contribution < -0.4 is 15.0 Å². The van der Waals surface area contributed by atoms with Crippen LogP contribution in [0.2, 0.25) is 10.0 Å². The maximum Gasteiger partial charge on any atom is 0.337 e. The fourth-order valence-electron chi connectivity index (χ4n) is 7.94. The van der Waals surface area contributed by atoms with E-state index in [1.54, 1.807) is 30.6 Å². The molecule has 3 N–H and O–H groups in total. The topological polar surface area (TPSA) is 154 Å². The summed E-state index contributed by atoms with van der Waals surface area (Å²) < 4.78 is 7.77. The first kappa shape index (κ1) is 40.5. The second-order valence-electron chi connectivity index (χ2n) is 15.0. The Morgan fingerprint density at radius 1 is 0.983 bits per heavy atom. The van der Waals surface area contributed by atoms with E-state index in [2.05, 4.69) is 48.7 Å². The van der Waals surface area contributed by atoms with Crippen LogP contribution in [0.15, 0.2) is 59.7 Å².